The minimum Gasteiger partial charge on any atom is -0.462 e. The van der Waals surface area contributed by atoms with Crippen LogP contribution < -0.4 is 16.0 Å². The summed E-state index contributed by atoms with van der Waals surface area (Å²) >= 11 is 1.55. The van der Waals surface area contributed by atoms with E-state index in [1.54, 1.807) is 24.8 Å². The summed E-state index contributed by atoms with van der Waals surface area (Å²) < 4.78 is 10.8. The zero-order chi connectivity index (χ0) is 32.2. The largest absolute Gasteiger partial charge is 0.462 e. The molecule has 11 heteroatoms. The average molecular weight is 626 g/mol. The summed E-state index contributed by atoms with van der Waals surface area (Å²) in [6.45, 7) is 8.68. The van der Waals surface area contributed by atoms with E-state index in [0.29, 0.717) is 11.5 Å². The third-order valence-electron chi connectivity index (χ3n) is 6.33. The van der Waals surface area contributed by atoms with Crippen LogP contribution in [0.1, 0.15) is 37.3 Å². The van der Waals surface area contributed by atoms with Gasteiger partial charge in [0.05, 0.1) is 18.6 Å². The van der Waals surface area contributed by atoms with Gasteiger partial charge in [-0.2, -0.15) is 11.8 Å². The molecule has 0 spiro atoms. The van der Waals surface area contributed by atoms with Gasteiger partial charge in [0.1, 0.15) is 19.3 Å². The highest BCUT2D eigenvalue weighted by Crippen LogP contribution is 2.16. The number of thioether (sulfide) groups is 1. The normalized spacial score (nSPS) is 13.3. The van der Waals surface area contributed by atoms with Crippen molar-refractivity contribution in [1.29, 1.82) is 0 Å². The van der Waals surface area contributed by atoms with E-state index < -0.39 is 36.1 Å². The third-order valence-corrected chi connectivity index (χ3v) is 7.51. The quantitative estimate of drug-likeness (QED) is 0.128. The van der Waals surface area contributed by atoms with Crippen molar-refractivity contribution in [2.75, 3.05) is 19.0 Å². The molecule has 2 aromatic rings. The molecule has 0 saturated heterocycles. The van der Waals surface area contributed by atoms with Crippen molar-refractivity contribution < 1.29 is 33.8 Å². The number of benzene rings is 2. The van der Waals surface area contributed by atoms with E-state index in [1.165, 1.54) is 6.08 Å². The van der Waals surface area contributed by atoms with Crippen molar-refractivity contribution in [1.82, 2.24) is 16.0 Å². The molecule has 0 saturated carbocycles. The Labute approximate surface area is 263 Å². The minimum atomic E-state index is -1.03. The highest BCUT2D eigenvalue weighted by Gasteiger charge is 2.27. The molecule has 10 nitrogen and oxygen atoms in total. The number of carbonyl (C=O) groups excluding carboxylic acids is 4. The number of nitrogens with one attached hydrogen (secondary N) is 3. The summed E-state index contributed by atoms with van der Waals surface area (Å²) in [7, 11) is 0. The molecule has 238 valence electrons. The van der Waals surface area contributed by atoms with Crippen molar-refractivity contribution in [3.63, 3.8) is 0 Å². The van der Waals surface area contributed by atoms with Gasteiger partial charge in [-0.1, -0.05) is 72.8 Å². The van der Waals surface area contributed by atoms with E-state index in [-0.39, 0.29) is 50.9 Å². The van der Waals surface area contributed by atoms with Gasteiger partial charge >= 0.3 is 12.1 Å². The second kappa shape index (κ2) is 20.8. The first kappa shape index (κ1) is 36.1. The van der Waals surface area contributed by atoms with Gasteiger partial charge in [-0.25, -0.2) is 9.59 Å². The molecule has 2 rings (SSSR count). The van der Waals surface area contributed by atoms with E-state index in [4.69, 9.17) is 9.47 Å². The average Bonchev–Trinajstić information content (AvgIpc) is 3.02. The number of esters is 1. The van der Waals surface area contributed by atoms with Gasteiger partial charge in [0.25, 0.3) is 0 Å². The number of amides is 3. The summed E-state index contributed by atoms with van der Waals surface area (Å²) in [5, 5.41) is 17.3. The summed E-state index contributed by atoms with van der Waals surface area (Å²) in [6, 6.07) is 16.9. The topological polar surface area (TPSA) is 143 Å². The van der Waals surface area contributed by atoms with Gasteiger partial charge in [-0.15, -0.1) is 13.2 Å². The van der Waals surface area contributed by atoms with Crippen LogP contribution in [0.25, 0.3) is 0 Å². The Morgan fingerprint density at radius 3 is 2.14 bits per heavy atom. The molecule has 0 radical (unpaired) electrons. The summed E-state index contributed by atoms with van der Waals surface area (Å²) in [6.07, 6.45) is 2.55. The van der Waals surface area contributed by atoms with Gasteiger partial charge in [-0.3, -0.25) is 9.59 Å². The lowest BCUT2D eigenvalue weighted by Crippen LogP contribution is -2.47. The highest BCUT2D eigenvalue weighted by atomic mass is 32.2. The number of aliphatic hydroxyl groups excluding tert-OH is 1. The Kier molecular flexibility index (Phi) is 17.0. The number of aliphatic hydroxyl groups is 1. The van der Waals surface area contributed by atoms with E-state index in [2.05, 4.69) is 29.1 Å². The Hall–Kier alpha value is -4.09. The number of hydrogen-bond donors (Lipinski definition) is 4. The summed E-state index contributed by atoms with van der Waals surface area (Å²) in [5.41, 5.74) is 1.90. The number of rotatable bonds is 20. The molecule has 44 heavy (non-hydrogen) atoms. The lowest BCUT2D eigenvalue weighted by molar-refractivity contribution is -0.147. The maximum atomic E-state index is 13.3. The third kappa shape index (κ3) is 14.4. The molecule has 2 aromatic carbocycles. The number of allylic oxidation sites excluding steroid dienone is 1. The molecular formula is C33H43N3O7S. The van der Waals surface area contributed by atoms with E-state index in [9.17, 15) is 24.3 Å². The van der Waals surface area contributed by atoms with Crippen molar-refractivity contribution in [3.05, 3.63) is 97.1 Å². The van der Waals surface area contributed by atoms with Crippen molar-refractivity contribution >= 4 is 35.6 Å². The maximum absolute atomic E-state index is 13.3. The fourth-order valence-corrected chi connectivity index (χ4v) is 5.01. The lowest BCUT2D eigenvalue weighted by atomic mass is 9.99. The number of carbonyl (C=O) groups is 4. The predicted molar refractivity (Wildman–Crippen MR) is 171 cm³/mol. The van der Waals surface area contributed by atoms with Crippen LogP contribution >= 0.6 is 11.8 Å². The van der Waals surface area contributed by atoms with Crippen LogP contribution in [0.4, 0.5) is 4.79 Å². The zero-order valence-corrected chi connectivity index (χ0v) is 25.9. The number of ether oxygens (including phenoxy) is 2. The highest BCUT2D eigenvalue weighted by molar-refractivity contribution is 7.98. The van der Waals surface area contributed by atoms with Crippen LogP contribution in [0.15, 0.2) is 86.0 Å². The molecule has 3 amide bonds. The van der Waals surface area contributed by atoms with Crippen LogP contribution in [0.5, 0.6) is 0 Å². The first-order valence-electron chi connectivity index (χ1n) is 14.4. The Balaban J connectivity index is 2.03. The standard InChI is InChI=1S/C33H43N3O7S/c1-4-12-27(18-30(38)34-24(3)19-37)31(39)35-28(23-44-22-26-16-10-7-11-17-26)21-42-32(40)29(13-5-2)36-33(41)43-20-25-14-8-6-9-15-25/h4-11,14-17,24,27-29,37H,1-2,12-13,18-23H2,3H3,(H,34,38)(H,35,39)(H,36,41)/t24-,27+,28+,29+/m0/s1. The SMILES string of the molecule is C=CC[C@H](CC(=O)N[C@@H](C)CO)C(=O)N[C@H](COC(=O)[C@@H](CC=C)NC(=O)OCc1ccccc1)CSCc1ccccc1. The second-order valence-corrected chi connectivity index (χ2v) is 11.2. The first-order valence-corrected chi connectivity index (χ1v) is 15.6. The maximum Gasteiger partial charge on any atom is 0.408 e. The van der Waals surface area contributed by atoms with E-state index >= 15 is 0 Å². The van der Waals surface area contributed by atoms with E-state index in [1.807, 2.05) is 60.7 Å². The minimum absolute atomic E-state index is 0.0398. The molecule has 0 fully saturated rings. The van der Waals surface area contributed by atoms with Gasteiger partial charge in [0, 0.05) is 24.0 Å². The van der Waals surface area contributed by atoms with Crippen LogP contribution in [0.3, 0.4) is 0 Å². The molecule has 0 unspecified atom stereocenters. The van der Waals surface area contributed by atoms with Gasteiger partial charge < -0.3 is 30.5 Å². The Bertz CT molecular complexity index is 1200. The molecular weight excluding hydrogens is 582 g/mol. The fraction of sp³-hybridized carbons (Fsp3) is 0.394. The van der Waals surface area contributed by atoms with Crippen LogP contribution in [-0.4, -0.2) is 66.1 Å². The van der Waals surface area contributed by atoms with Crippen LogP contribution in [0, 0.1) is 5.92 Å². The molecule has 0 bridgehead atoms. The van der Waals surface area contributed by atoms with E-state index in [0.717, 1.165) is 11.1 Å². The zero-order valence-electron chi connectivity index (χ0n) is 25.1. The molecule has 0 aromatic heterocycles. The van der Waals surface area contributed by atoms with Crippen molar-refractivity contribution in [2.45, 2.75) is 56.7 Å². The van der Waals surface area contributed by atoms with Crippen LogP contribution in [0.2, 0.25) is 0 Å². The smallest absolute Gasteiger partial charge is 0.408 e. The molecule has 0 aliphatic rings. The molecule has 0 aliphatic heterocycles. The van der Waals surface area contributed by atoms with Crippen molar-refractivity contribution in [3.8, 4) is 0 Å². The van der Waals surface area contributed by atoms with Crippen molar-refractivity contribution in [2.24, 2.45) is 5.92 Å². The summed E-state index contributed by atoms with van der Waals surface area (Å²) in [4.78, 5) is 51.1. The monoisotopic (exact) mass is 625 g/mol. The Morgan fingerprint density at radius 2 is 1.52 bits per heavy atom. The fourth-order valence-electron chi connectivity index (χ4n) is 4.00. The number of alkyl carbamates (subject to hydrolysis) is 1. The summed E-state index contributed by atoms with van der Waals surface area (Å²) in [5.74, 6) is -1.07. The Morgan fingerprint density at radius 1 is 0.886 bits per heavy atom. The first-order chi connectivity index (χ1) is 21.2. The molecule has 0 heterocycles. The molecule has 4 N–H and O–H groups in total. The van der Waals surface area contributed by atoms with Gasteiger partial charge in [0.15, 0.2) is 0 Å². The van der Waals surface area contributed by atoms with Gasteiger partial charge in [0.2, 0.25) is 11.8 Å². The molecule has 0 aliphatic carbocycles. The second-order valence-electron chi connectivity index (χ2n) is 10.2. The van der Waals surface area contributed by atoms with Crippen LogP contribution in [-0.2, 0) is 36.2 Å². The molecule has 4 atom stereocenters. The predicted octanol–water partition coefficient (Wildman–Crippen LogP) is 3.90. The number of hydrogen-bond acceptors (Lipinski definition) is 8. The lowest BCUT2D eigenvalue weighted by Gasteiger charge is -2.23. The van der Waals surface area contributed by atoms with Gasteiger partial charge in [-0.05, 0) is 30.9 Å².